The monoisotopic (exact) mass is 292 g/mol. The van der Waals surface area contributed by atoms with Crippen molar-refractivity contribution in [1.82, 2.24) is 10.3 Å². The normalized spacial score (nSPS) is 10.7. The molecule has 0 fully saturated rings. The lowest BCUT2D eigenvalue weighted by atomic mass is 10.1. The standard InChI is InChI=1S/C16H18F2N2O/c1-10-7-20-15(11(2)16(10)21-3)9-19-8-12-4-5-13(17)6-14(12)18/h4-7,19H,8-9H2,1-3H3. The van der Waals surface area contributed by atoms with Gasteiger partial charge >= 0.3 is 0 Å². The van der Waals surface area contributed by atoms with Gasteiger partial charge in [-0.05, 0) is 19.9 Å². The van der Waals surface area contributed by atoms with E-state index in [1.807, 2.05) is 13.8 Å². The van der Waals surface area contributed by atoms with Crippen LogP contribution in [0.1, 0.15) is 22.4 Å². The average Bonchev–Trinajstić information content (AvgIpc) is 2.44. The summed E-state index contributed by atoms with van der Waals surface area (Å²) in [7, 11) is 1.63. The predicted octanol–water partition coefficient (Wildman–Crippen LogP) is 3.28. The summed E-state index contributed by atoms with van der Waals surface area (Å²) in [6, 6.07) is 3.57. The van der Waals surface area contributed by atoms with Crippen LogP contribution in [-0.2, 0) is 13.1 Å². The van der Waals surface area contributed by atoms with Crippen molar-refractivity contribution in [3.63, 3.8) is 0 Å². The summed E-state index contributed by atoms with van der Waals surface area (Å²) < 4.78 is 31.7. The molecular formula is C16H18F2N2O. The van der Waals surface area contributed by atoms with Gasteiger partial charge in [-0.1, -0.05) is 6.07 Å². The summed E-state index contributed by atoms with van der Waals surface area (Å²) in [6.45, 7) is 4.67. The second kappa shape index (κ2) is 6.63. The van der Waals surface area contributed by atoms with E-state index in [1.54, 1.807) is 13.3 Å². The van der Waals surface area contributed by atoms with Crippen LogP contribution in [0.5, 0.6) is 5.75 Å². The van der Waals surface area contributed by atoms with E-state index in [9.17, 15) is 8.78 Å². The van der Waals surface area contributed by atoms with Gasteiger partial charge in [0.2, 0.25) is 0 Å². The Balaban J connectivity index is 2.04. The molecule has 2 aromatic rings. The highest BCUT2D eigenvalue weighted by Crippen LogP contribution is 2.23. The van der Waals surface area contributed by atoms with Crippen LogP contribution in [0, 0.1) is 25.5 Å². The molecule has 0 radical (unpaired) electrons. The first-order chi connectivity index (χ1) is 10.0. The highest BCUT2D eigenvalue weighted by molar-refractivity contribution is 5.41. The molecule has 21 heavy (non-hydrogen) atoms. The first-order valence-electron chi connectivity index (χ1n) is 6.66. The summed E-state index contributed by atoms with van der Waals surface area (Å²) in [5.74, 6) is -0.305. The number of nitrogens with zero attached hydrogens (tertiary/aromatic N) is 1. The molecule has 0 unspecified atom stereocenters. The third kappa shape index (κ3) is 3.55. The lowest BCUT2D eigenvalue weighted by molar-refractivity contribution is 0.406. The zero-order valence-electron chi connectivity index (χ0n) is 12.3. The Hall–Kier alpha value is -2.01. The van der Waals surface area contributed by atoms with E-state index in [2.05, 4.69) is 10.3 Å². The van der Waals surface area contributed by atoms with Crippen LogP contribution >= 0.6 is 0 Å². The van der Waals surface area contributed by atoms with Crippen molar-refractivity contribution in [2.75, 3.05) is 7.11 Å². The van der Waals surface area contributed by atoms with Crippen LogP contribution in [-0.4, -0.2) is 12.1 Å². The number of pyridine rings is 1. The van der Waals surface area contributed by atoms with Crippen molar-refractivity contribution in [1.29, 1.82) is 0 Å². The molecule has 1 aromatic carbocycles. The molecule has 0 bridgehead atoms. The number of hydrogen-bond donors (Lipinski definition) is 1. The molecule has 1 heterocycles. The predicted molar refractivity (Wildman–Crippen MR) is 77.2 cm³/mol. The molecule has 112 valence electrons. The fraction of sp³-hybridized carbons (Fsp3) is 0.312. The number of halogens is 2. The second-order valence-corrected chi connectivity index (χ2v) is 4.89. The zero-order chi connectivity index (χ0) is 15.4. The van der Waals surface area contributed by atoms with Gasteiger partial charge in [-0.25, -0.2) is 8.78 Å². The molecule has 5 heteroatoms. The maximum Gasteiger partial charge on any atom is 0.130 e. The van der Waals surface area contributed by atoms with E-state index in [4.69, 9.17) is 4.74 Å². The number of nitrogens with one attached hydrogen (secondary N) is 1. The highest BCUT2D eigenvalue weighted by atomic mass is 19.1. The highest BCUT2D eigenvalue weighted by Gasteiger charge is 2.09. The zero-order valence-corrected chi connectivity index (χ0v) is 12.3. The first kappa shape index (κ1) is 15.4. The Kier molecular flexibility index (Phi) is 4.85. The van der Waals surface area contributed by atoms with Crippen molar-refractivity contribution in [2.24, 2.45) is 0 Å². The average molecular weight is 292 g/mol. The summed E-state index contributed by atoms with van der Waals surface area (Å²) in [5.41, 5.74) is 3.21. The van der Waals surface area contributed by atoms with Gasteiger partial charge < -0.3 is 10.1 Å². The summed E-state index contributed by atoms with van der Waals surface area (Å²) in [6.07, 6.45) is 1.75. The van der Waals surface area contributed by atoms with Gasteiger partial charge in [0.05, 0.1) is 12.8 Å². The number of ether oxygens (including phenoxy) is 1. The summed E-state index contributed by atoms with van der Waals surface area (Å²) in [4.78, 5) is 4.36. The second-order valence-electron chi connectivity index (χ2n) is 4.89. The van der Waals surface area contributed by atoms with Gasteiger partial charge in [-0.3, -0.25) is 4.98 Å². The molecule has 3 nitrogen and oxygen atoms in total. The van der Waals surface area contributed by atoms with E-state index >= 15 is 0 Å². The Morgan fingerprint density at radius 1 is 1.19 bits per heavy atom. The molecule has 0 saturated carbocycles. The Labute approximate surface area is 123 Å². The van der Waals surface area contributed by atoms with Crippen molar-refractivity contribution < 1.29 is 13.5 Å². The number of hydrogen-bond acceptors (Lipinski definition) is 3. The molecule has 2 rings (SSSR count). The fourth-order valence-corrected chi connectivity index (χ4v) is 2.23. The molecule has 0 saturated heterocycles. The van der Waals surface area contributed by atoms with Crippen molar-refractivity contribution in [3.05, 3.63) is 58.4 Å². The molecule has 0 aliphatic heterocycles. The van der Waals surface area contributed by atoms with Crippen molar-refractivity contribution >= 4 is 0 Å². The SMILES string of the molecule is COc1c(C)cnc(CNCc2ccc(F)cc2F)c1C. The van der Waals surface area contributed by atoms with Gasteiger partial charge in [-0.15, -0.1) is 0 Å². The smallest absolute Gasteiger partial charge is 0.130 e. The third-order valence-electron chi connectivity index (χ3n) is 3.37. The molecule has 0 spiro atoms. The molecular weight excluding hydrogens is 274 g/mol. The van der Waals surface area contributed by atoms with E-state index in [1.165, 1.54) is 12.1 Å². The van der Waals surface area contributed by atoms with E-state index in [-0.39, 0.29) is 0 Å². The van der Waals surface area contributed by atoms with E-state index in [0.717, 1.165) is 28.6 Å². The Morgan fingerprint density at radius 2 is 1.95 bits per heavy atom. The topological polar surface area (TPSA) is 34.1 Å². The molecule has 0 atom stereocenters. The Morgan fingerprint density at radius 3 is 2.62 bits per heavy atom. The van der Waals surface area contributed by atoms with Crippen LogP contribution in [0.4, 0.5) is 8.78 Å². The largest absolute Gasteiger partial charge is 0.496 e. The Bertz CT molecular complexity index is 644. The lowest BCUT2D eigenvalue weighted by Gasteiger charge is -2.13. The van der Waals surface area contributed by atoms with Crippen LogP contribution < -0.4 is 10.1 Å². The number of aromatic nitrogens is 1. The van der Waals surface area contributed by atoms with Crippen LogP contribution in [0.25, 0.3) is 0 Å². The molecule has 0 aliphatic carbocycles. The first-order valence-corrected chi connectivity index (χ1v) is 6.66. The van der Waals surface area contributed by atoms with Gasteiger partial charge in [-0.2, -0.15) is 0 Å². The minimum Gasteiger partial charge on any atom is -0.496 e. The van der Waals surface area contributed by atoms with Gasteiger partial charge in [0.1, 0.15) is 17.4 Å². The van der Waals surface area contributed by atoms with Gasteiger partial charge in [0, 0.05) is 42.0 Å². The maximum absolute atomic E-state index is 13.5. The van der Waals surface area contributed by atoms with E-state index in [0.29, 0.717) is 18.7 Å². The van der Waals surface area contributed by atoms with Crippen LogP contribution in [0.15, 0.2) is 24.4 Å². The minimum atomic E-state index is -0.572. The van der Waals surface area contributed by atoms with E-state index < -0.39 is 11.6 Å². The maximum atomic E-state index is 13.5. The molecule has 1 N–H and O–H groups in total. The molecule has 0 amide bonds. The van der Waals surface area contributed by atoms with Crippen LogP contribution in [0.2, 0.25) is 0 Å². The third-order valence-corrected chi connectivity index (χ3v) is 3.37. The van der Waals surface area contributed by atoms with Crippen molar-refractivity contribution in [2.45, 2.75) is 26.9 Å². The molecule has 0 aliphatic rings. The quantitative estimate of drug-likeness (QED) is 0.918. The van der Waals surface area contributed by atoms with Crippen LogP contribution in [0.3, 0.4) is 0 Å². The van der Waals surface area contributed by atoms with Gasteiger partial charge in [0.15, 0.2) is 0 Å². The van der Waals surface area contributed by atoms with Crippen molar-refractivity contribution in [3.8, 4) is 5.75 Å². The summed E-state index contributed by atoms with van der Waals surface area (Å²) >= 11 is 0. The number of aryl methyl sites for hydroxylation is 1. The molecule has 1 aromatic heterocycles. The minimum absolute atomic E-state index is 0.309. The number of benzene rings is 1. The lowest BCUT2D eigenvalue weighted by Crippen LogP contribution is -2.16. The fourth-order valence-electron chi connectivity index (χ4n) is 2.23. The number of methoxy groups -OCH3 is 1. The number of rotatable bonds is 5. The summed E-state index contributed by atoms with van der Waals surface area (Å²) in [5, 5.41) is 3.11. The van der Waals surface area contributed by atoms with Gasteiger partial charge in [0.25, 0.3) is 0 Å².